The zero-order valence-electron chi connectivity index (χ0n) is 6.20. The fourth-order valence-corrected chi connectivity index (χ4v) is 1.25. The quantitative estimate of drug-likeness (QED) is 0.625. The van der Waals surface area contributed by atoms with Gasteiger partial charge >= 0.3 is 11.9 Å². The Bertz CT molecular complexity index is 320. The van der Waals surface area contributed by atoms with Crippen LogP contribution in [0.3, 0.4) is 0 Å². The maximum absolute atomic E-state index is 10.6. The topological polar surface area (TPSA) is 79.3 Å². The SMILES string of the molecule is Cc1csc(NC(=O)C(=O)O)n1. The summed E-state index contributed by atoms with van der Waals surface area (Å²) in [6, 6.07) is 0. The number of amides is 1. The minimum absolute atomic E-state index is 0.305. The molecule has 0 unspecified atom stereocenters. The molecule has 0 aliphatic carbocycles. The zero-order chi connectivity index (χ0) is 9.14. The highest BCUT2D eigenvalue weighted by molar-refractivity contribution is 7.14. The number of carboxylic acids is 1. The van der Waals surface area contributed by atoms with Crippen molar-refractivity contribution in [3.8, 4) is 0 Å². The Labute approximate surface area is 72.1 Å². The molecule has 1 heterocycles. The largest absolute Gasteiger partial charge is 0.474 e. The van der Waals surface area contributed by atoms with Gasteiger partial charge in [-0.1, -0.05) is 0 Å². The van der Waals surface area contributed by atoms with Crippen LogP contribution in [-0.2, 0) is 9.59 Å². The van der Waals surface area contributed by atoms with Gasteiger partial charge in [0.2, 0.25) is 0 Å². The molecule has 1 amide bonds. The number of hydrogen-bond acceptors (Lipinski definition) is 4. The van der Waals surface area contributed by atoms with Crippen LogP contribution in [0.1, 0.15) is 5.69 Å². The molecule has 2 N–H and O–H groups in total. The molecule has 0 saturated heterocycles. The number of rotatable bonds is 1. The van der Waals surface area contributed by atoms with Gasteiger partial charge in [-0.3, -0.25) is 10.1 Å². The van der Waals surface area contributed by atoms with E-state index >= 15 is 0 Å². The number of nitrogens with one attached hydrogen (secondary N) is 1. The minimum Gasteiger partial charge on any atom is -0.474 e. The molecule has 1 aromatic heterocycles. The summed E-state index contributed by atoms with van der Waals surface area (Å²) in [5, 5.41) is 12.4. The van der Waals surface area contributed by atoms with Crippen molar-refractivity contribution in [3.05, 3.63) is 11.1 Å². The van der Waals surface area contributed by atoms with E-state index in [-0.39, 0.29) is 0 Å². The molecule has 0 bridgehead atoms. The Balaban J connectivity index is 2.64. The van der Waals surface area contributed by atoms with Crippen LogP contribution in [0, 0.1) is 6.92 Å². The number of carbonyl (C=O) groups is 2. The van der Waals surface area contributed by atoms with Crippen molar-refractivity contribution in [1.82, 2.24) is 4.98 Å². The van der Waals surface area contributed by atoms with E-state index in [4.69, 9.17) is 5.11 Å². The van der Waals surface area contributed by atoms with Crippen LogP contribution in [0.15, 0.2) is 5.38 Å². The molecule has 0 radical (unpaired) electrons. The molecule has 6 heteroatoms. The highest BCUT2D eigenvalue weighted by Crippen LogP contribution is 2.13. The predicted octanol–water partition coefficient (Wildman–Crippen LogP) is 0.475. The molecule has 0 saturated carbocycles. The lowest BCUT2D eigenvalue weighted by Gasteiger charge is -1.93. The van der Waals surface area contributed by atoms with Crippen molar-refractivity contribution in [3.63, 3.8) is 0 Å². The Kier molecular flexibility index (Phi) is 2.39. The van der Waals surface area contributed by atoms with Crippen LogP contribution < -0.4 is 5.32 Å². The molecule has 5 nitrogen and oxygen atoms in total. The summed E-state index contributed by atoms with van der Waals surface area (Å²) < 4.78 is 0. The van der Waals surface area contributed by atoms with Gasteiger partial charge in [0.05, 0.1) is 5.69 Å². The van der Waals surface area contributed by atoms with Crippen LogP contribution in [-0.4, -0.2) is 22.0 Å². The van der Waals surface area contributed by atoms with E-state index in [0.717, 1.165) is 5.69 Å². The summed E-state index contributed by atoms with van der Waals surface area (Å²) in [6.07, 6.45) is 0. The summed E-state index contributed by atoms with van der Waals surface area (Å²) in [5.41, 5.74) is 0.751. The van der Waals surface area contributed by atoms with Crippen molar-refractivity contribution in [2.45, 2.75) is 6.92 Å². The van der Waals surface area contributed by atoms with Gasteiger partial charge in [0.25, 0.3) is 0 Å². The van der Waals surface area contributed by atoms with Gasteiger partial charge in [0.15, 0.2) is 5.13 Å². The summed E-state index contributed by atoms with van der Waals surface area (Å²) in [7, 11) is 0. The number of thiazole rings is 1. The third-order valence-electron chi connectivity index (χ3n) is 1.03. The number of aromatic nitrogens is 1. The van der Waals surface area contributed by atoms with Crippen LogP contribution in [0.25, 0.3) is 0 Å². The Hall–Kier alpha value is -1.43. The van der Waals surface area contributed by atoms with Gasteiger partial charge in [-0.25, -0.2) is 9.78 Å². The molecule has 64 valence electrons. The lowest BCUT2D eigenvalue weighted by atomic mass is 10.6. The van der Waals surface area contributed by atoms with E-state index in [1.54, 1.807) is 12.3 Å². The van der Waals surface area contributed by atoms with E-state index in [1.165, 1.54) is 11.3 Å². The third kappa shape index (κ3) is 2.03. The standard InChI is InChI=1S/C6H6N2O3S/c1-3-2-12-6(7-3)8-4(9)5(10)11/h2H,1H3,(H,10,11)(H,7,8,9). The smallest absolute Gasteiger partial charge is 0.394 e. The number of aryl methyl sites for hydroxylation is 1. The number of aliphatic carboxylic acids is 1. The molecule has 12 heavy (non-hydrogen) atoms. The van der Waals surface area contributed by atoms with Crippen molar-refractivity contribution < 1.29 is 14.7 Å². The van der Waals surface area contributed by atoms with Crippen LogP contribution >= 0.6 is 11.3 Å². The van der Waals surface area contributed by atoms with Gasteiger partial charge in [-0.2, -0.15) is 0 Å². The molecular formula is C6H6N2O3S. The Morgan fingerprint density at radius 2 is 2.33 bits per heavy atom. The maximum atomic E-state index is 10.6. The predicted molar refractivity (Wildman–Crippen MR) is 43.1 cm³/mol. The van der Waals surface area contributed by atoms with Crippen molar-refractivity contribution >= 4 is 28.3 Å². The fraction of sp³-hybridized carbons (Fsp3) is 0.167. The molecule has 0 spiro atoms. The molecule has 1 aromatic rings. The first-order valence-corrected chi connectivity index (χ1v) is 3.94. The van der Waals surface area contributed by atoms with Crippen molar-refractivity contribution in [2.24, 2.45) is 0 Å². The first-order chi connectivity index (χ1) is 5.59. The average Bonchev–Trinajstić information content (AvgIpc) is 2.35. The third-order valence-corrected chi connectivity index (χ3v) is 1.91. The highest BCUT2D eigenvalue weighted by Gasteiger charge is 2.12. The summed E-state index contributed by atoms with van der Waals surface area (Å²) in [5.74, 6) is -2.58. The lowest BCUT2D eigenvalue weighted by molar-refractivity contribution is -0.147. The van der Waals surface area contributed by atoms with Crippen molar-refractivity contribution in [2.75, 3.05) is 5.32 Å². The van der Waals surface area contributed by atoms with Crippen LogP contribution in [0.5, 0.6) is 0 Å². The number of nitrogens with zero attached hydrogens (tertiary/aromatic N) is 1. The van der Waals surface area contributed by atoms with E-state index < -0.39 is 11.9 Å². The van der Waals surface area contributed by atoms with Crippen LogP contribution in [0.4, 0.5) is 5.13 Å². The molecule has 1 rings (SSSR count). The van der Waals surface area contributed by atoms with E-state index in [0.29, 0.717) is 5.13 Å². The number of carboxylic acid groups (broad SMARTS) is 1. The van der Waals surface area contributed by atoms with E-state index in [2.05, 4.69) is 10.3 Å². The summed E-state index contributed by atoms with van der Waals surface area (Å²) in [4.78, 5) is 24.5. The van der Waals surface area contributed by atoms with Crippen molar-refractivity contribution in [1.29, 1.82) is 0 Å². The highest BCUT2D eigenvalue weighted by atomic mass is 32.1. The summed E-state index contributed by atoms with van der Waals surface area (Å²) >= 11 is 1.19. The molecule has 0 atom stereocenters. The van der Waals surface area contributed by atoms with E-state index in [9.17, 15) is 9.59 Å². The van der Waals surface area contributed by atoms with Crippen LogP contribution in [0.2, 0.25) is 0 Å². The van der Waals surface area contributed by atoms with Gasteiger partial charge < -0.3 is 5.11 Å². The first-order valence-electron chi connectivity index (χ1n) is 3.06. The number of hydrogen-bond donors (Lipinski definition) is 2. The molecule has 0 aliphatic heterocycles. The normalized spacial score (nSPS) is 9.42. The minimum atomic E-state index is -1.51. The Morgan fingerprint density at radius 1 is 1.67 bits per heavy atom. The Morgan fingerprint density at radius 3 is 2.75 bits per heavy atom. The second kappa shape index (κ2) is 3.31. The monoisotopic (exact) mass is 186 g/mol. The zero-order valence-corrected chi connectivity index (χ0v) is 7.01. The number of anilines is 1. The van der Waals surface area contributed by atoms with Gasteiger partial charge in [0.1, 0.15) is 0 Å². The fourth-order valence-electron chi connectivity index (χ4n) is 0.562. The second-order valence-electron chi connectivity index (χ2n) is 2.05. The first kappa shape index (κ1) is 8.66. The maximum Gasteiger partial charge on any atom is 0.394 e. The second-order valence-corrected chi connectivity index (χ2v) is 2.91. The molecular weight excluding hydrogens is 180 g/mol. The van der Waals surface area contributed by atoms with Gasteiger partial charge in [-0.15, -0.1) is 11.3 Å². The molecule has 0 aromatic carbocycles. The summed E-state index contributed by atoms with van der Waals surface area (Å²) in [6.45, 7) is 1.76. The lowest BCUT2D eigenvalue weighted by Crippen LogP contribution is -2.21. The molecule has 0 aliphatic rings. The average molecular weight is 186 g/mol. The number of carbonyl (C=O) groups excluding carboxylic acids is 1. The van der Waals surface area contributed by atoms with Gasteiger partial charge in [0, 0.05) is 5.38 Å². The van der Waals surface area contributed by atoms with Gasteiger partial charge in [-0.05, 0) is 6.92 Å². The van der Waals surface area contributed by atoms with E-state index in [1.807, 2.05) is 0 Å². The molecule has 0 fully saturated rings.